The van der Waals surface area contributed by atoms with Gasteiger partial charge in [-0.15, -0.1) is 11.6 Å². The van der Waals surface area contributed by atoms with Crippen LogP contribution in [0.15, 0.2) is 0 Å². The number of alkyl halides is 1. The third-order valence-corrected chi connectivity index (χ3v) is 2.69. The van der Waals surface area contributed by atoms with Crippen molar-refractivity contribution in [2.45, 2.75) is 51.7 Å². The highest BCUT2D eigenvalue weighted by molar-refractivity contribution is 6.27. The number of ketones is 1. The van der Waals surface area contributed by atoms with E-state index in [9.17, 15) is 9.59 Å². The highest BCUT2D eigenvalue weighted by atomic mass is 35.5. The Hall–Kier alpha value is -0.770. The zero-order chi connectivity index (χ0) is 13.1. The van der Waals surface area contributed by atoms with E-state index in [-0.39, 0.29) is 23.8 Å². The van der Waals surface area contributed by atoms with Gasteiger partial charge in [0.25, 0.3) is 0 Å². The van der Waals surface area contributed by atoms with E-state index in [4.69, 9.17) is 16.3 Å². The summed E-state index contributed by atoms with van der Waals surface area (Å²) in [5.74, 6) is -0.0341. The molecule has 0 aromatic rings. The molecule has 1 aliphatic rings. The smallest absolute Gasteiger partial charge is 0.410 e. The number of nitrogens with zero attached hydrogens (tertiary/aromatic N) is 1. The fourth-order valence-electron chi connectivity index (χ4n) is 1.44. The summed E-state index contributed by atoms with van der Waals surface area (Å²) in [7, 11) is 0. The summed E-state index contributed by atoms with van der Waals surface area (Å²) in [6.45, 7) is 5.91. The summed E-state index contributed by atoms with van der Waals surface area (Å²) in [6.07, 6.45) is 1.96. The molecule has 0 saturated heterocycles. The molecular formula is C12H20ClNO3. The summed E-state index contributed by atoms with van der Waals surface area (Å²) < 4.78 is 5.31. The Bertz CT molecular complexity index is 295. The lowest BCUT2D eigenvalue weighted by molar-refractivity contribution is -0.117. The molecule has 1 amide bonds. The number of carbonyl (C=O) groups excluding carboxylic acids is 2. The van der Waals surface area contributed by atoms with Crippen LogP contribution in [0.4, 0.5) is 4.79 Å². The molecule has 0 atom stereocenters. The van der Waals surface area contributed by atoms with Crippen molar-refractivity contribution in [1.82, 2.24) is 4.90 Å². The van der Waals surface area contributed by atoms with Gasteiger partial charge in [-0.1, -0.05) is 0 Å². The first kappa shape index (κ1) is 14.3. The van der Waals surface area contributed by atoms with Gasteiger partial charge in [-0.2, -0.15) is 0 Å². The average Bonchev–Trinajstić information content (AvgIpc) is 2.99. The third-order valence-electron chi connectivity index (χ3n) is 2.40. The fourth-order valence-corrected chi connectivity index (χ4v) is 1.58. The lowest BCUT2D eigenvalue weighted by atomic mass is 10.2. The molecule has 0 bridgehead atoms. The second kappa shape index (κ2) is 5.71. The van der Waals surface area contributed by atoms with Gasteiger partial charge in [0.1, 0.15) is 11.4 Å². The van der Waals surface area contributed by atoms with Gasteiger partial charge in [-0.25, -0.2) is 4.79 Å². The molecule has 0 spiro atoms. The number of ether oxygens (including phenoxy) is 1. The Kier molecular flexibility index (Phi) is 4.80. The Morgan fingerprint density at radius 2 is 1.94 bits per heavy atom. The number of carbonyl (C=O) groups is 2. The van der Waals surface area contributed by atoms with Gasteiger partial charge in [-0.05, 0) is 33.6 Å². The van der Waals surface area contributed by atoms with Gasteiger partial charge in [0.2, 0.25) is 0 Å². The zero-order valence-corrected chi connectivity index (χ0v) is 11.4. The van der Waals surface area contributed by atoms with Crippen LogP contribution in [0, 0.1) is 0 Å². The van der Waals surface area contributed by atoms with Crippen molar-refractivity contribution in [3.63, 3.8) is 0 Å². The average molecular weight is 262 g/mol. The van der Waals surface area contributed by atoms with Crippen molar-refractivity contribution in [1.29, 1.82) is 0 Å². The molecule has 1 rings (SSSR count). The molecule has 4 nitrogen and oxygen atoms in total. The van der Waals surface area contributed by atoms with Crippen LogP contribution in [0.25, 0.3) is 0 Å². The second-order valence-electron chi connectivity index (χ2n) is 5.33. The molecule has 1 aliphatic carbocycles. The Morgan fingerprint density at radius 3 is 2.35 bits per heavy atom. The second-order valence-corrected chi connectivity index (χ2v) is 5.59. The first-order valence-corrected chi connectivity index (χ1v) is 6.44. The third kappa shape index (κ3) is 5.39. The quantitative estimate of drug-likeness (QED) is 0.715. The van der Waals surface area contributed by atoms with E-state index in [0.717, 1.165) is 12.8 Å². The van der Waals surface area contributed by atoms with E-state index in [2.05, 4.69) is 0 Å². The molecule has 17 heavy (non-hydrogen) atoms. The maximum absolute atomic E-state index is 11.9. The summed E-state index contributed by atoms with van der Waals surface area (Å²) >= 11 is 5.43. The fraction of sp³-hybridized carbons (Fsp3) is 0.833. The van der Waals surface area contributed by atoms with Gasteiger partial charge in [-0.3, -0.25) is 4.79 Å². The van der Waals surface area contributed by atoms with Crippen molar-refractivity contribution in [3.05, 3.63) is 0 Å². The molecule has 1 saturated carbocycles. The van der Waals surface area contributed by atoms with E-state index < -0.39 is 5.60 Å². The number of Topliss-reactive ketones (excluding diaryl/α,β-unsaturated/α-hetero) is 1. The lowest BCUT2D eigenvalue weighted by Gasteiger charge is -2.27. The van der Waals surface area contributed by atoms with E-state index in [1.807, 2.05) is 20.8 Å². The number of rotatable bonds is 5. The van der Waals surface area contributed by atoms with Crippen LogP contribution in [0.3, 0.4) is 0 Å². The molecular weight excluding hydrogens is 242 g/mol. The van der Waals surface area contributed by atoms with E-state index in [0.29, 0.717) is 13.0 Å². The highest BCUT2D eigenvalue weighted by Crippen LogP contribution is 2.28. The predicted molar refractivity (Wildman–Crippen MR) is 66.3 cm³/mol. The molecule has 98 valence electrons. The maximum Gasteiger partial charge on any atom is 0.410 e. The highest BCUT2D eigenvalue weighted by Gasteiger charge is 2.35. The summed E-state index contributed by atoms with van der Waals surface area (Å²) in [5.41, 5.74) is -0.499. The van der Waals surface area contributed by atoms with Gasteiger partial charge >= 0.3 is 6.09 Å². The molecule has 1 fully saturated rings. The van der Waals surface area contributed by atoms with Crippen LogP contribution in [0.5, 0.6) is 0 Å². The van der Waals surface area contributed by atoms with Crippen molar-refractivity contribution in [2.75, 3.05) is 12.4 Å². The zero-order valence-electron chi connectivity index (χ0n) is 10.7. The normalized spacial score (nSPS) is 15.5. The van der Waals surface area contributed by atoms with Crippen LogP contribution in [-0.4, -0.2) is 40.8 Å². The number of amides is 1. The molecule has 0 radical (unpaired) electrons. The monoisotopic (exact) mass is 261 g/mol. The molecule has 0 aromatic heterocycles. The van der Waals surface area contributed by atoms with Crippen molar-refractivity contribution in [3.8, 4) is 0 Å². The SMILES string of the molecule is CC(C)(C)OC(=O)N(CCC(=O)CCl)C1CC1. The predicted octanol–water partition coefficient (Wildman–Crippen LogP) is 2.58. The van der Waals surface area contributed by atoms with Gasteiger partial charge in [0.05, 0.1) is 5.88 Å². The number of hydrogen-bond acceptors (Lipinski definition) is 3. The largest absolute Gasteiger partial charge is 0.444 e. The van der Waals surface area contributed by atoms with E-state index in [1.165, 1.54) is 0 Å². The minimum absolute atomic E-state index is 0.00677. The number of hydrogen-bond donors (Lipinski definition) is 0. The summed E-state index contributed by atoms with van der Waals surface area (Å²) in [4.78, 5) is 24.7. The van der Waals surface area contributed by atoms with Crippen molar-refractivity contribution >= 4 is 23.5 Å². The lowest BCUT2D eigenvalue weighted by Crippen LogP contribution is -2.39. The van der Waals surface area contributed by atoms with Gasteiger partial charge in [0.15, 0.2) is 0 Å². The molecule has 0 aliphatic heterocycles. The molecule has 0 heterocycles. The van der Waals surface area contributed by atoms with Crippen LogP contribution in [0.2, 0.25) is 0 Å². The van der Waals surface area contributed by atoms with Gasteiger partial charge < -0.3 is 9.64 Å². The molecule has 0 N–H and O–H groups in total. The van der Waals surface area contributed by atoms with E-state index in [1.54, 1.807) is 4.90 Å². The first-order valence-electron chi connectivity index (χ1n) is 5.91. The van der Waals surface area contributed by atoms with Gasteiger partial charge in [0, 0.05) is 19.0 Å². The summed E-state index contributed by atoms with van der Waals surface area (Å²) in [6, 6.07) is 0.243. The molecule has 0 unspecified atom stereocenters. The van der Waals surface area contributed by atoms with Crippen LogP contribution in [0.1, 0.15) is 40.0 Å². The van der Waals surface area contributed by atoms with Crippen LogP contribution < -0.4 is 0 Å². The Balaban J connectivity index is 2.48. The van der Waals surface area contributed by atoms with Crippen molar-refractivity contribution in [2.24, 2.45) is 0 Å². The Labute approximate surface area is 107 Å². The van der Waals surface area contributed by atoms with E-state index >= 15 is 0 Å². The number of halogens is 1. The van der Waals surface area contributed by atoms with Crippen LogP contribution >= 0.6 is 11.6 Å². The van der Waals surface area contributed by atoms with Crippen molar-refractivity contribution < 1.29 is 14.3 Å². The standard InChI is InChI=1S/C12H20ClNO3/c1-12(2,3)17-11(16)14(9-4-5-9)7-6-10(15)8-13/h9H,4-8H2,1-3H3. The first-order chi connectivity index (χ1) is 7.83. The molecule has 0 aromatic carbocycles. The Morgan fingerprint density at radius 1 is 1.35 bits per heavy atom. The summed E-state index contributed by atoms with van der Waals surface area (Å²) in [5, 5.41) is 0. The minimum Gasteiger partial charge on any atom is -0.444 e. The molecule has 5 heteroatoms. The topological polar surface area (TPSA) is 46.6 Å². The minimum atomic E-state index is -0.499. The maximum atomic E-state index is 11.9. The van der Waals surface area contributed by atoms with Crippen LogP contribution in [-0.2, 0) is 9.53 Å².